The van der Waals surface area contributed by atoms with E-state index < -0.39 is 0 Å². The van der Waals surface area contributed by atoms with Crippen LogP contribution in [0.15, 0.2) is 59.8 Å². The number of aromatic nitrogens is 1. The molecule has 0 radical (unpaired) electrons. The van der Waals surface area contributed by atoms with Crippen LogP contribution in [0, 0.1) is 0 Å². The van der Waals surface area contributed by atoms with E-state index in [-0.39, 0.29) is 0 Å². The van der Waals surface area contributed by atoms with Crippen LogP contribution in [-0.4, -0.2) is 4.98 Å². The van der Waals surface area contributed by atoms with Crippen molar-refractivity contribution in [3.63, 3.8) is 0 Å². The summed E-state index contributed by atoms with van der Waals surface area (Å²) in [7, 11) is 0. The van der Waals surface area contributed by atoms with Crippen LogP contribution in [0.2, 0.25) is 0 Å². The molecule has 0 bridgehead atoms. The minimum Gasteiger partial charge on any atom is -0.421 e. The Morgan fingerprint density at radius 1 is 0.929 bits per heavy atom. The second-order valence-electron chi connectivity index (χ2n) is 2.66. The fourth-order valence-corrected chi connectivity index (χ4v) is 1.50. The normalized spacial score (nSPS) is 9.71. The molecule has 3 heteroatoms. The Balaban J connectivity index is 1.96. The molecule has 0 spiro atoms. The molecular formula is C11H9NOS. The number of pyridine rings is 1. The highest BCUT2D eigenvalue weighted by Crippen LogP contribution is 2.21. The molecule has 2 rings (SSSR count). The molecule has 0 aliphatic carbocycles. The van der Waals surface area contributed by atoms with Gasteiger partial charge in [-0.15, -0.1) is 0 Å². The van der Waals surface area contributed by atoms with E-state index in [4.69, 9.17) is 4.18 Å². The Morgan fingerprint density at radius 3 is 2.36 bits per heavy atom. The van der Waals surface area contributed by atoms with Gasteiger partial charge < -0.3 is 4.18 Å². The molecule has 1 heterocycles. The van der Waals surface area contributed by atoms with Crippen molar-refractivity contribution in [1.29, 1.82) is 0 Å². The molecule has 0 amide bonds. The molecule has 70 valence electrons. The Morgan fingerprint density at radius 2 is 1.64 bits per heavy atom. The maximum absolute atomic E-state index is 5.48. The second kappa shape index (κ2) is 4.67. The molecule has 0 saturated heterocycles. The van der Waals surface area contributed by atoms with Crippen LogP contribution < -0.4 is 4.18 Å². The monoisotopic (exact) mass is 203 g/mol. The van der Waals surface area contributed by atoms with Gasteiger partial charge in [-0.05, 0) is 24.3 Å². The molecule has 0 aliphatic rings. The Labute approximate surface area is 87.2 Å². The number of benzene rings is 1. The number of rotatable bonds is 3. The summed E-state index contributed by atoms with van der Waals surface area (Å²) in [5.41, 5.74) is 0. The van der Waals surface area contributed by atoms with Gasteiger partial charge in [-0.1, -0.05) is 18.2 Å². The largest absolute Gasteiger partial charge is 0.421 e. The lowest BCUT2D eigenvalue weighted by molar-refractivity contribution is 0.646. The van der Waals surface area contributed by atoms with Crippen LogP contribution >= 0.6 is 12.0 Å². The van der Waals surface area contributed by atoms with Gasteiger partial charge in [-0.3, -0.25) is 4.98 Å². The number of hydrogen-bond donors (Lipinski definition) is 0. The summed E-state index contributed by atoms with van der Waals surface area (Å²) >= 11 is 1.33. The Hall–Kier alpha value is -1.48. The van der Waals surface area contributed by atoms with Gasteiger partial charge in [-0.2, -0.15) is 0 Å². The summed E-state index contributed by atoms with van der Waals surface area (Å²) in [6.07, 6.45) is 3.49. The Kier molecular flexibility index (Phi) is 3.03. The van der Waals surface area contributed by atoms with E-state index in [2.05, 4.69) is 4.98 Å². The van der Waals surface area contributed by atoms with E-state index in [0.717, 1.165) is 10.6 Å². The van der Waals surface area contributed by atoms with Gasteiger partial charge in [-0.25, -0.2) is 0 Å². The van der Waals surface area contributed by atoms with Crippen molar-refractivity contribution in [1.82, 2.24) is 4.98 Å². The van der Waals surface area contributed by atoms with Gasteiger partial charge in [0.15, 0.2) is 0 Å². The fourth-order valence-electron chi connectivity index (χ4n) is 0.966. The van der Waals surface area contributed by atoms with Gasteiger partial charge in [0.25, 0.3) is 0 Å². The minimum absolute atomic E-state index is 0.856. The zero-order chi connectivity index (χ0) is 9.64. The van der Waals surface area contributed by atoms with Gasteiger partial charge >= 0.3 is 0 Å². The Bertz CT molecular complexity index is 338. The summed E-state index contributed by atoms with van der Waals surface area (Å²) in [5, 5.41) is 0. The summed E-state index contributed by atoms with van der Waals surface area (Å²) in [4.78, 5) is 4.98. The van der Waals surface area contributed by atoms with Crippen molar-refractivity contribution in [3.8, 4) is 5.75 Å². The molecule has 0 fully saturated rings. The molecule has 14 heavy (non-hydrogen) atoms. The van der Waals surface area contributed by atoms with Crippen LogP contribution in [0.4, 0.5) is 0 Å². The maximum atomic E-state index is 5.48. The lowest BCUT2D eigenvalue weighted by Crippen LogP contribution is -1.81. The zero-order valence-electron chi connectivity index (χ0n) is 7.46. The number of para-hydroxylation sites is 1. The summed E-state index contributed by atoms with van der Waals surface area (Å²) in [6, 6.07) is 13.5. The van der Waals surface area contributed by atoms with Crippen LogP contribution in [-0.2, 0) is 0 Å². The summed E-state index contributed by atoms with van der Waals surface area (Å²) in [6.45, 7) is 0. The third-order valence-corrected chi connectivity index (χ3v) is 2.37. The van der Waals surface area contributed by atoms with Crippen LogP contribution in [0.3, 0.4) is 0 Å². The van der Waals surface area contributed by atoms with Crippen molar-refractivity contribution >= 4 is 12.0 Å². The third kappa shape index (κ3) is 2.50. The van der Waals surface area contributed by atoms with Crippen molar-refractivity contribution in [2.75, 3.05) is 0 Å². The molecule has 0 saturated carbocycles. The first-order valence-corrected chi connectivity index (χ1v) is 4.99. The van der Waals surface area contributed by atoms with E-state index in [1.807, 2.05) is 42.5 Å². The zero-order valence-corrected chi connectivity index (χ0v) is 8.28. The SMILES string of the molecule is c1ccc(OSc2ccncc2)cc1. The van der Waals surface area contributed by atoms with Crippen LogP contribution in [0.25, 0.3) is 0 Å². The van der Waals surface area contributed by atoms with Gasteiger partial charge in [0.2, 0.25) is 0 Å². The highest BCUT2D eigenvalue weighted by molar-refractivity contribution is 7.95. The molecular weight excluding hydrogens is 194 g/mol. The van der Waals surface area contributed by atoms with E-state index >= 15 is 0 Å². The maximum Gasteiger partial charge on any atom is 0.137 e. The van der Waals surface area contributed by atoms with Crippen LogP contribution in [0.1, 0.15) is 0 Å². The van der Waals surface area contributed by atoms with E-state index in [1.54, 1.807) is 12.4 Å². The molecule has 2 nitrogen and oxygen atoms in total. The average Bonchev–Trinajstić information content (AvgIpc) is 2.29. The molecule has 0 N–H and O–H groups in total. The van der Waals surface area contributed by atoms with Crippen LogP contribution in [0.5, 0.6) is 5.75 Å². The quantitative estimate of drug-likeness (QED) is 0.715. The first-order valence-electron chi connectivity index (χ1n) is 4.25. The van der Waals surface area contributed by atoms with Crippen molar-refractivity contribution in [2.24, 2.45) is 0 Å². The summed E-state index contributed by atoms with van der Waals surface area (Å²) in [5.74, 6) is 0.856. The van der Waals surface area contributed by atoms with E-state index in [0.29, 0.717) is 0 Å². The molecule has 0 unspecified atom stereocenters. The third-order valence-electron chi connectivity index (χ3n) is 1.63. The highest BCUT2D eigenvalue weighted by Gasteiger charge is 1.95. The van der Waals surface area contributed by atoms with Crippen molar-refractivity contribution < 1.29 is 4.18 Å². The van der Waals surface area contributed by atoms with Crippen molar-refractivity contribution in [3.05, 3.63) is 54.9 Å². The molecule has 0 atom stereocenters. The number of nitrogens with zero attached hydrogens (tertiary/aromatic N) is 1. The predicted molar refractivity (Wildman–Crippen MR) is 57.2 cm³/mol. The molecule has 1 aromatic carbocycles. The second-order valence-corrected chi connectivity index (χ2v) is 3.47. The molecule has 1 aromatic heterocycles. The lowest BCUT2D eigenvalue weighted by Gasteiger charge is -2.02. The smallest absolute Gasteiger partial charge is 0.137 e. The van der Waals surface area contributed by atoms with Crippen molar-refractivity contribution in [2.45, 2.75) is 4.90 Å². The average molecular weight is 203 g/mol. The lowest BCUT2D eigenvalue weighted by atomic mass is 10.3. The first kappa shape index (κ1) is 9.09. The van der Waals surface area contributed by atoms with Gasteiger partial charge in [0.05, 0.1) is 16.9 Å². The number of hydrogen-bond acceptors (Lipinski definition) is 3. The topological polar surface area (TPSA) is 22.1 Å². The fraction of sp³-hybridized carbons (Fsp3) is 0. The van der Waals surface area contributed by atoms with E-state index in [9.17, 15) is 0 Å². The highest BCUT2D eigenvalue weighted by atomic mass is 32.2. The standard InChI is InChI=1S/C11H9NOS/c1-2-4-10(5-3-1)13-14-11-6-8-12-9-7-11/h1-9H. The van der Waals surface area contributed by atoms with Gasteiger partial charge in [0, 0.05) is 12.4 Å². The minimum atomic E-state index is 0.856. The van der Waals surface area contributed by atoms with E-state index in [1.165, 1.54) is 12.0 Å². The molecule has 0 aliphatic heterocycles. The first-order chi connectivity index (χ1) is 6.95. The van der Waals surface area contributed by atoms with Gasteiger partial charge in [0.1, 0.15) is 5.75 Å². The molecule has 2 aromatic rings. The summed E-state index contributed by atoms with van der Waals surface area (Å²) < 4.78 is 5.48. The predicted octanol–water partition coefficient (Wildman–Crippen LogP) is 3.17.